The van der Waals surface area contributed by atoms with Crippen LogP contribution in [0.1, 0.15) is 39.4 Å². The molecule has 148 valence electrons. The molecule has 0 saturated heterocycles. The highest BCUT2D eigenvalue weighted by Crippen LogP contribution is 2.19. The molecule has 0 aliphatic carbocycles. The van der Waals surface area contributed by atoms with Gasteiger partial charge in [-0.2, -0.15) is 0 Å². The van der Waals surface area contributed by atoms with E-state index in [0.29, 0.717) is 22.3 Å². The van der Waals surface area contributed by atoms with Crippen LogP contribution >= 0.6 is 0 Å². The predicted molar refractivity (Wildman–Crippen MR) is 116 cm³/mol. The number of nitrogens with one attached hydrogen (secondary N) is 2. The Bertz CT molecular complexity index is 1210. The molecule has 1 heterocycles. The fraction of sp³-hybridized carbons (Fsp3) is 0.0833. The van der Waals surface area contributed by atoms with Gasteiger partial charge in [-0.15, -0.1) is 0 Å². The molecular formula is C24H20N4O2. The number of carbonyl (C=O) groups excluding carboxylic acids is 2. The van der Waals surface area contributed by atoms with Crippen LogP contribution in [0.5, 0.6) is 0 Å². The van der Waals surface area contributed by atoms with E-state index < -0.39 is 5.91 Å². The molecule has 2 amide bonds. The van der Waals surface area contributed by atoms with Crippen LogP contribution in [0.25, 0.3) is 11.0 Å². The molecular weight excluding hydrogens is 376 g/mol. The molecule has 0 spiro atoms. The molecule has 4 aromatic rings. The summed E-state index contributed by atoms with van der Waals surface area (Å²) in [6, 6.07) is 23.7. The van der Waals surface area contributed by atoms with Crippen molar-refractivity contribution in [2.24, 2.45) is 0 Å². The second-order valence-electron chi connectivity index (χ2n) is 6.85. The number of anilines is 1. The van der Waals surface area contributed by atoms with Gasteiger partial charge in [0.25, 0.3) is 11.8 Å². The minimum absolute atomic E-state index is 0.172. The third-order valence-electron chi connectivity index (χ3n) is 4.75. The number of nitrogens with zero attached hydrogens (tertiary/aromatic N) is 2. The van der Waals surface area contributed by atoms with Crippen LogP contribution in [0, 0.1) is 0 Å². The number of aromatic nitrogens is 2. The largest absolute Gasteiger partial charge is 0.345 e. The third-order valence-corrected chi connectivity index (χ3v) is 4.75. The first-order valence-corrected chi connectivity index (χ1v) is 9.60. The molecule has 6 heteroatoms. The van der Waals surface area contributed by atoms with Gasteiger partial charge in [-0.25, -0.2) is 4.98 Å². The summed E-state index contributed by atoms with van der Waals surface area (Å²) in [4.78, 5) is 34.2. The van der Waals surface area contributed by atoms with Crippen LogP contribution in [-0.2, 0) is 0 Å². The van der Waals surface area contributed by atoms with Gasteiger partial charge in [-0.3, -0.25) is 14.6 Å². The van der Waals surface area contributed by atoms with Gasteiger partial charge >= 0.3 is 0 Å². The highest BCUT2D eigenvalue weighted by molar-refractivity contribution is 6.08. The van der Waals surface area contributed by atoms with Crippen LogP contribution < -0.4 is 10.6 Å². The van der Waals surface area contributed by atoms with Crippen LogP contribution in [0.2, 0.25) is 0 Å². The van der Waals surface area contributed by atoms with E-state index in [1.807, 2.05) is 55.5 Å². The molecule has 3 aromatic carbocycles. The van der Waals surface area contributed by atoms with Crippen molar-refractivity contribution in [1.82, 2.24) is 15.3 Å². The normalized spacial score (nSPS) is 11.6. The average molecular weight is 396 g/mol. The molecule has 1 atom stereocenters. The Kier molecular flexibility index (Phi) is 5.48. The Morgan fingerprint density at radius 1 is 0.800 bits per heavy atom. The SMILES string of the molecule is C[C@H](NC(=O)c1ccccc1NC(=O)c1cnc2ccccc2n1)c1ccccc1. The summed E-state index contributed by atoms with van der Waals surface area (Å²) < 4.78 is 0. The molecule has 4 rings (SSSR count). The first-order valence-electron chi connectivity index (χ1n) is 9.60. The quantitative estimate of drug-likeness (QED) is 0.525. The van der Waals surface area contributed by atoms with Gasteiger partial charge in [-0.05, 0) is 36.8 Å². The van der Waals surface area contributed by atoms with Crippen molar-refractivity contribution >= 4 is 28.5 Å². The summed E-state index contributed by atoms with van der Waals surface area (Å²) in [5.74, 6) is -0.698. The molecule has 0 radical (unpaired) electrons. The monoisotopic (exact) mass is 396 g/mol. The van der Waals surface area contributed by atoms with Crippen molar-refractivity contribution in [1.29, 1.82) is 0 Å². The zero-order chi connectivity index (χ0) is 20.9. The third kappa shape index (κ3) is 4.17. The number of amides is 2. The lowest BCUT2D eigenvalue weighted by Gasteiger charge is -2.16. The van der Waals surface area contributed by atoms with E-state index in [1.54, 1.807) is 30.3 Å². The highest BCUT2D eigenvalue weighted by atomic mass is 16.2. The Balaban J connectivity index is 1.53. The maximum atomic E-state index is 12.9. The molecule has 6 nitrogen and oxygen atoms in total. The van der Waals surface area contributed by atoms with Crippen molar-refractivity contribution < 1.29 is 9.59 Å². The molecule has 2 N–H and O–H groups in total. The lowest BCUT2D eigenvalue weighted by molar-refractivity contribution is 0.0941. The molecule has 0 aliphatic rings. The summed E-state index contributed by atoms with van der Waals surface area (Å²) in [6.07, 6.45) is 1.43. The van der Waals surface area contributed by atoms with Crippen molar-refractivity contribution in [3.63, 3.8) is 0 Å². The van der Waals surface area contributed by atoms with Gasteiger partial charge in [0.1, 0.15) is 5.69 Å². The van der Waals surface area contributed by atoms with Crippen LogP contribution in [0.15, 0.2) is 85.1 Å². The summed E-state index contributed by atoms with van der Waals surface area (Å²) in [6.45, 7) is 1.92. The molecule has 30 heavy (non-hydrogen) atoms. The van der Waals surface area contributed by atoms with Crippen LogP contribution in [0.4, 0.5) is 5.69 Å². The highest BCUT2D eigenvalue weighted by Gasteiger charge is 2.17. The minimum atomic E-state index is -0.426. The average Bonchev–Trinajstić information content (AvgIpc) is 2.79. The van der Waals surface area contributed by atoms with Crippen LogP contribution in [0.3, 0.4) is 0 Å². The summed E-state index contributed by atoms with van der Waals surface area (Å²) in [5.41, 5.74) is 3.31. The van der Waals surface area contributed by atoms with E-state index in [2.05, 4.69) is 20.6 Å². The minimum Gasteiger partial charge on any atom is -0.345 e. The second kappa shape index (κ2) is 8.53. The lowest BCUT2D eigenvalue weighted by atomic mass is 10.1. The summed E-state index contributed by atoms with van der Waals surface area (Å²) >= 11 is 0. The second-order valence-corrected chi connectivity index (χ2v) is 6.85. The number of benzene rings is 3. The van der Waals surface area contributed by atoms with Gasteiger partial charge in [0.2, 0.25) is 0 Å². The van der Waals surface area contributed by atoms with Gasteiger partial charge in [0, 0.05) is 0 Å². The summed E-state index contributed by atoms with van der Waals surface area (Å²) in [5, 5.41) is 5.76. The van der Waals surface area contributed by atoms with Crippen molar-refractivity contribution in [3.05, 3.63) is 102 Å². The molecule has 1 aromatic heterocycles. The maximum absolute atomic E-state index is 12.9. The standard InChI is InChI=1S/C24H20N4O2/c1-16(17-9-3-2-4-10-17)26-23(29)18-11-5-6-12-19(18)28-24(30)22-15-25-20-13-7-8-14-21(20)27-22/h2-16H,1H3,(H,26,29)(H,28,30)/t16-/m0/s1. The maximum Gasteiger partial charge on any atom is 0.275 e. The Morgan fingerprint density at radius 3 is 2.27 bits per heavy atom. The number of para-hydroxylation sites is 3. The first kappa shape index (κ1) is 19.3. The van der Waals surface area contributed by atoms with Gasteiger partial charge in [0.05, 0.1) is 34.5 Å². The van der Waals surface area contributed by atoms with Crippen molar-refractivity contribution in [3.8, 4) is 0 Å². The number of hydrogen-bond donors (Lipinski definition) is 2. The summed E-state index contributed by atoms with van der Waals surface area (Å²) in [7, 11) is 0. The van der Waals surface area contributed by atoms with E-state index in [4.69, 9.17) is 0 Å². The van der Waals surface area contributed by atoms with Gasteiger partial charge < -0.3 is 10.6 Å². The molecule has 0 bridgehead atoms. The van der Waals surface area contributed by atoms with E-state index in [-0.39, 0.29) is 17.6 Å². The lowest BCUT2D eigenvalue weighted by Crippen LogP contribution is -2.28. The number of fused-ring (bicyclic) bond motifs is 1. The Hall–Kier alpha value is -4.06. The Labute approximate surface area is 174 Å². The molecule has 0 saturated carbocycles. The van der Waals surface area contributed by atoms with E-state index in [0.717, 1.165) is 5.56 Å². The zero-order valence-corrected chi connectivity index (χ0v) is 16.4. The van der Waals surface area contributed by atoms with Crippen molar-refractivity contribution in [2.75, 3.05) is 5.32 Å². The molecule has 0 fully saturated rings. The van der Waals surface area contributed by atoms with Crippen LogP contribution in [-0.4, -0.2) is 21.8 Å². The van der Waals surface area contributed by atoms with E-state index in [1.165, 1.54) is 6.20 Å². The number of rotatable bonds is 5. The van der Waals surface area contributed by atoms with E-state index >= 15 is 0 Å². The fourth-order valence-electron chi connectivity index (χ4n) is 3.14. The number of carbonyl (C=O) groups is 2. The first-order chi connectivity index (χ1) is 14.6. The predicted octanol–water partition coefficient (Wildman–Crippen LogP) is 4.37. The molecule has 0 unspecified atom stereocenters. The Morgan fingerprint density at radius 2 is 1.47 bits per heavy atom. The van der Waals surface area contributed by atoms with E-state index in [9.17, 15) is 9.59 Å². The number of hydrogen-bond acceptors (Lipinski definition) is 4. The molecule has 0 aliphatic heterocycles. The topological polar surface area (TPSA) is 84.0 Å². The van der Waals surface area contributed by atoms with Crippen molar-refractivity contribution in [2.45, 2.75) is 13.0 Å². The van der Waals surface area contributed by atoms with Gasteiger partial charge in [0.15, 0.2) is 0 Å². The van der Waals surface area contributed by atoms with Gasteiger partial charge in [-0.1, -0.05) is 54.6 Å². The fourth-order valence-corrected chi connectivity index (χ4v) is 3.14. The smallest absolute Gasteiger partial charge is 0.275 e. The zero-order valence-electron chi connectivity index (χ0n) is 16.4.